The van der Waals surface area contributed by atoms with Gasteiger partial charge < -0.3 is 15.0 Å². The first-order chi connectivity index (χ1) is 13.1. The minimum atomic E-state index is -3.92. The van der Waals surface area contributed by atoms with Gasteiger partial charge in [0.05, 0.1) is 28.3 Å². The van der Waals surface area contributed by atoms with Crippen LogP contribution in [0.25, 0.3) is 0 Å². The van der Waals surface area contributed by atoms with Gasteiger partial charge in [0.25, 0.3) is 5.69 Å². The highest BCUT2D eigenvalue weighted by atomic mass is 32.2. The lowest BCUT2D eigenvalue weighted by atomic mass is 10.2. The van der Waals surface area contributed by atoms with E-state index in [2.05, 4.69) is 15.0 Å². The highest BCUT2D eigenvalue weighted by molar-refractivity contribution is 7.89. The quantitative estimate of drug-likeness (QED) is 0.476. The van der Waals surface area contributed by atoms with Gasteiger partial charge in [-0.25, -0.2) is 18.1 Å². The molecule has 0 aliphatic carbocycles. The Kier molecular flexibility index (Phi) is 6.89. The summed E-state index contributed by atoms with van der Waals surface area (Å²) in [4.78, 5) is 16.7. The number of nitrogens with one attached hydrogen (secondary N) is 2. The number of nitrogens with zero attached hydrogens (tertiary/aromatic N) is 3. The molecule has 0 saturated heterocycles. The van der Waals surface area contributed by atoms with Gasteiger partial charge in [0.15, 0.2) is 0 Å². The van der Waals surface area contributed by atoms with Crippen molar-refractivity contribution in [2.45, 2.75) is 17.9 Å². The van der Waals surface area contributed by atoms with E-state index in [0.717, 1.165) is 11.9 Å². The molecule has 0 bridgehead atoms. The van der Waals surface area contributed by atoms with Crippen molar-refractivity contribution in [1.82, 2.24) is 9.71 Å². The average Bonchev–Trinajstić information content (AvgIpc) is 2.61. The lowest BCUT2D eigenvalue weighted by Crippen LogP contribution is -2.35. The first-order valence-corrected chi connectivity index (χ1v) is 9.82. The van der Waals surface area contributed by atoms with Crippen LogP contribution in [0.15, 0.2) is 41.4 Å². The Bertz CT molecular complexity index is 931. The highest BCUT2D eigenvalue weighted by Crippen LogP contribution is 2.30. The van der Waals surface area contributed by atoms with Gasteiger partial charge in [0.1, 0.15) is 11.5 Å². The van der Waals surface area contributed by atoms with Crippen molar-refractivity contribution in [3.8, 4) is 0 Å². The van der Waals surface area contributed by atoms with E-state index in [1.54, 1.807) is 19.1 Å². The number of hydrogen-bond acceptors (Lipinski definition) is 8. The van der Waals surface area contributed by atoms with Gasteiger partial charge in [-0.2, -0.15) is 0 Å². The zero-order chi connectivity index (χ0) is 20.9. The maximum Gasteiger partial charge on any atom is 0.294 e. The third-order valence-corrected chi connectivity index (χ3v) is 5.32. The molecule has 152 valence electrons. The predicted octanol–water partition coefficient (Wildman–Crippen LogP) is 2.11. The van der Waals surface area contributed by atoms with Crippen molar-refractivity contribution in [2.75, 3.05) is 38.0 Å². The van der Waals surface area contributed by atoms with Crippen LogP contribution in [-0.2, 0) is 14.8 Å². The van der Waals surface area contributed by atoms with Crippen LogP contribution in [0.4, 0.5) is 22.9 Å². The summed E-state index contributed by atoms with van der Waals surface area (Å²) in [5.41, 5.74) is 0.336. The summed E-state index contributed by atoms with van der Waals surface area (Å²) in [5, 5.41) is 14.4. The number of benzene rings is 1. The Morgan fingerprint density at radius 2 is 2.00 bits per heavy atom. The Morgan fingerprint density at radius 3 is 2.54 bits per heavy atom. The fraction of sp³-hybridized carbons (Fsp3) is 0.353. The van der Waals surface area contributed by atoms with Crippen molar-refractivity contribution in [3.63, 3.8) is 0 Å². The molecule has 0 aliphatic rings. The fourth-order valence-electron chi connectivity index (χ4n) is 2.43. The molecule has 1 aromatic carbocycles. The first kappa shape index (κ1) is 21.5. The first-order valence-electron chi connectivity index (χ1n) is 8.34. The van der Waals surface area contributed by atoms with Gasteiger partial charge in [-0.1, -0.05) is 0 Å². The van der Waals surface area contributed by atoms with Crippen LogP contribution in [0.3, 0.4) is 0 Å². The van der Waals surface area contributed by atoms with E-state index in [9.17, 15) is 18.5 Å². The van der Waals surface area contributed by atoms with Crippen molar-refractivity contribution in [3.05, 3.63) is 46.6 Å². The molecule has 0 saturated carbocycles. The number of nitro groups is 1. The third kappa shape index (κ3) is 5.38. The number of methoxy groups -OCH3 is 1. The Balaban J connectivity index is 2.31. The molecule has 1 heterocycles. The standard InChI is InChI=1S/C17H23N5O5S/c1-12(11-27-4)20-28(25,26)14-6-7-15(16(9-14)22(23)24)19-13-5-8-17(18-10-13)21(2)3/h5-10,12,19-20H,11H2,1-4H3/t12-/m0/s1. The van der Waals surface area contributed by atoms with E-state index in [0.29, 0.717) is 5.69 Å². The van der Waals surface area contributed by atoms with Crippen molar-refractivity contribution in [2.24, 2.45) is 0 Å². The van der Waals surface area contributed by atoms with E-state index in [1.165, 1.54) is 25.4 Å². The van der Waals surface area contributed by atoms with E-state index in [1.807, 2.05) is 19.0 Å². The molecule has 0 radical (unpaired) electrons. The molecule has 0 amide bonds. The summed E-state index contributed by atoms with van der Waals surface area (Å²) in [6.45, 7) is 1.81. The molecular weight excluding hydrogens is 386 g/mol. The lowest BCUT2D eigenvalue weighted by molar-refractivity contribution is -0.384. The molecule has 1 atom stereocenters. The second kappa shape index (κ2) is 8.95. The molecule has 1 aromatic heterocycles. The molecule has 0 fully saturated rings. The molecule has 11 heteroatoms. The number of nitro benzene ring substituents is 1. The van der Waals surface area contributed by atoms with Crippen LogP contribution in [-0.4, -0.2) is 52.2 Å². The maximum absolute atomic E-state index is 12.4. The number of rotatable bonds is 9. The van der Waals surface area contributed by atoms with Crippen molar-refractivity contribution >= 4 is 32.9 Å². The van der Waals surface area contributed by atoms with Crippen LogP contribution >= 0.6 is 0 Å². The minimum absolute atomic E-state index is 0.160. The van der Waals surface area contributed by atoms with Crippen LogP contribution in [0.2, 0.25) is 0 Å². The topological polar surface area (TPSA) is 127 Å². The molecule has 0 spiro atoms. The summed E-state index contributed by atoms with van der Waals surface area (Å²) in [7, 11) is 1.23. The number of ether oxygens (including phenoxy) is 1. The Hall–Kier alpha value is -2.76. The number of aromatic nitrogens is 1. The van der Waals surface area contributed by atoms with E-state index in [4.69, 9.17) is 4.74 Å². The number of sulfonamides is 1. The van der Waals surface area contributed by atoms with E-state index < -0.39 is 21.0 Å². The maximum atomic E-state index is 12.4. The molecule has 10 nitrogen and oxygen atoms in total. The van der Waals surface area contributed by atoms with E-state index >= 15 is 0 Å². The Labute approximate surface area is 163 Å². The molecule has 2 rings (SSSR count). The summed E-state index contributed by atoms with van der Waals surface area (Å²) >= 11 is 0. The average molecular weight is 409 g/mol. The summed E-state index contributed by atoms with van der Waals surface area (Å²) in [6.07, 6.45) is 1.54. The molecular formula is C17H23N5O5S. The largest absolute Gasteiger partial charge is 0.383 e. The van der Waals surface area contributed by atoms with Crippen LogP contribution in [0, 0.1) is 10.1 Å². The molecule has 28 heavy (non-hydrogen) atoms. The molecule has 2 N–H and O–H groups in total. The number of pyridine rings is 1. The zero-order valence-electron chi connectivity index (χ0n) is 16.0. The normalized spacial score (nSPS) is 12.4. The second-order valence-corrected chi connectivity index (χ2v) is 8.05. The van der Waals surface area contributed by atoms with E-state index in [-0.39, 0.29) is 22.9 Å². The third-order valence-electron chi connectivity index (χ3n) is 3.73. The smallest absolute Gasteiger partial charge is 0.294 e. The summed E-state index contributed by atoms with van der Waals surface area (Å²) in [5.74, 6) is 0.734. The highest BCUT2D eigenvalue weighted by Gasteiger charge is 2.23. The minimum Gasteiger partial charge on any atom is -0.383 e. The van der Waals surface area contributed by atoms with Gasteiger partial charge in [-0.05, 0) is 31.2 Å². The zero-order valence-corrected chi connectivity index (χ0v) is 16.9. The van der Waals surface area contributed by atoms with Crippen LogP contribution < -0.4 is 14.9 Å². The SMILES string of the molecule is COC[C@H](C)NS(=O)(=O)c1ccc(Nc2ccc(N(C)C)nc2)c([N+](=O)[O-])c1. The van der Waals surface area contributed by atoms with Crippen molar-refractivity contribution < 1.29 is 18.1 Å². The van der Waals surface area contributed by atoms with Gasteiger partial charge in [0, 0.05) is 33.3 Å². The van der Waals surface area contributed by atoms with Crippen LogP contribution in [0.1, 0.15) is 6.92 Å². The van der Waals surface area contributed by atoms with Crippen molar-refractivity contribution in [1.29, 1.82) is 0 Å². The summed E-state index contributed by atoms with van der Waals surface area (Å²) in [6, 6.07) is 6.69. The second-order valence-electron chi connectivity index (χ2n) is 6.34. The fourth-order valence-corrected chi connectivity index (χ4v) is 3.68. The molecule has 0 unspecified atom stereocenters. The monoisotopic (exact) mass is 409 g/mol. The van der Waals surface area contributed by atoms with Gasteiger partial charge in [0.2, 0.25) is 10.0 Å². The lowest BCUT2D eigenvalue weighted by Gasteiger charge is -2.14. The van der Waals surface area contributed by atoms with Gasteiger partial charge in [-0.3, -0.25) is 10.1 Å². The predicted molar refractivity (Wildman–Crippen MR) is 107 cm³/mol. The number of anilines is 3. The van der Waals surface area contributed by atoms with Gasteiger partial charge in [-0.15, -0.1) is 0 Å². The summed E-state index contributed by atoms with van der Waals surface area (Å²) < 4.78 is 32.2. The number of hydrogen-bond donors (Lipinski definition) is 2. The molecule has 0 aliphatic heterocycles. The van der Waals surface area contributed by atoms with Crippen LogP contribution in [0.5, 0.6) is 0 Å². The molecule has 2 aromatic rings. The van der Waals surface area contributed by atoms with Gasteiger partial charge >= 0.3 is 0 Å². The Morgan fingerprint density at radius 1 is 1.29 bits per heavy atom.